The molecule has 1 saturated heterocycles. The largest absolute Gasteiger partial charge is 0.507 e. The molecule has 3 aromatic carbocycles. The molecule has 0 aliphatic carbocycles. The molecular formula is C31H28O14. The fraction of sp³-hybridized carbons (Fsp3) is 0.226. The Balaban J connectivity index is 1.39. The summed E-state index contributed by atoms with van der Waals surface area (Å²) in [5.74, 6) is -3.28. The van der Waals surface area contributed by atoms with Crippen LogP contribution in [0.25, 0.3) is 28.4 Å². The van der Waals surface area contributed by atoms with E-state index in [-0.39, 0.29) is 28.4 Å². The van der Waals surface area contributed by atoms with E-state index in [2.05, 4.69) is 0 Å². The van der Waals surface area contributed by atoms with Gasteiger partial charge in [-0.2, -0.15) is 0 Å². The lowest BCUT2D eigenvalue weighted by atomic mass is 9.89. The molecular weight excluding hydrogens is 596 g/mol. The Morgan fingerprint density at radius 2 is 1.60 bits per heavy atom. The SMILES string of the molecule is COc1cc(/C=C/C(=O)OC[C@H]2O[C@@H](c3c(O)cc4oc(-c5ccc(O)c(O)c5)cc(=O)c4c3O)[C@H](O)[C@@H](O)[C@@H]2O)ccc1O. The van der Waals surface area contributed by atoms with Crippen LogP contribution in [0, 0.1) is 0 Å². The standard InChI is InChI=1S/C31H28O14/c1-42-21-8-13(2-5-16(21)33)3-7-24(37)43-12-23-27(38)29(40)30(41)31(45-23)26-19(36)11-22-25(28(26)39)18(35)10-20(44-22)14-4-6-15(32)17(34)9-14/h2-11,23,27,29-34,36,38-41H,12H2,1H3/b7-3+/t23-,27-,29+,30-,31+/m1/s1. The van der Waals surface area contributed by atoms with Crippen LogP contribution in [0.4, 0.5) is 0 Å². The van der Waals surface area contributed by atoms with E-state index in [1.165, 1.54) is 43.5 Å². The van der Waals surface area contributed by atoms with Gasteiger partial charge in [-0.15, -0.1) is 0 Å². The molecule has 0 bridgehead atoms. The van der Waals surface area contributed by atoms with E-state index in [0.717, 1.165) is 24.3 Å². The Bertz CT molecular complexity index is 1840. The minimum absolute atomic E-state index is 0.0673. The molecule has 5 atom stereocenters. The quantitative estimate of drug-likeness (QED) is 0.0831. The number of ether oxygens (including phenoxy) is 3. The summed E-state index contributed by atoms with van der Waals surface area (Å²) in [5.41, 5.74) is -0.870. The van der Waals surface area contributed by atoms with Crippen molar-refractivity contribution in [1.82, 2.24) is 0 Å². The van der Waals surface area contributed by atoms with Gasteiger partial charge in [-0.1, -0.05) is 6.07 Å². The molecule has 2 heterocycles. The Kier molecular flexibility index (Phi) is 8.57. The van der Waals surface area contributed by atoms with Crippen molar-refractivity contribution in [2.24, 2.45) is 0 Å². The molecule has 5 rings (SSSR count). The minimum atomic E-state index is -1.91. The van der Waals surface area contributed by atoms with Crippen LogP contribution in [0.1, 0.15) is 17.2 Å². The van der Waals surface area contributed by atoms with Gasteiger partial charge in [0.05, 0.1) is 12.7 Å². The molecule has 1 aromatic heterocycles. The minimum Gasteiger partial charge on any atom is -0.507 e. The van der Waals surface area contributed by atoms with Crippen molar-refractivity contribution in [2.45, 2.75) is 30.5 Å². The zero-order valence-corrected chi connectivity index (χ0v) is 23.4. The van der Waals surface area contributed by atoms with Gasteiger partial charge in [0.2, 0.25) is 0 Å². The van der Waals surface area contributed by atoms with Crippen molar-refractivity contribution in [3.8, 4) is 45.8 Å². The van der Waals surface area contributed by atoms with E-state index < -0.39 is 82.5 Å². The second kappa shape index (κ2) is 12.4. The number of aromatic hydroxyl groups is 5. The second-order valence-electron chi connectivity index (χ2n) is 10.2. The number of carbonyl (C=O) groups is 1. The summed E-state index contributed by atoms with van der Waals surface area (Å²) in [6.07, 6.45) is -6.28. The Morgan fingerprint density at radius 3 is 2.31 bits per heavy atom. The Hall–Kier alpha value is -5.28. The van der Waals surface area contributed by atoms with Gasteiger partial charge in [0.25, 0.3) is 0 Å². The van der Waals surface area contributed by atoms with Crippen molar-refractivity contribution >= 4 is 23.0 Å². The summed E-state index contributed by atoms with van der Waals surface area (Å²) < 4.78 is 21.5. The lowest BCUT2D eigenvalue weighted by Gasteiger charge is -2.40. The molecule has 0 amide bonds. The van der Waals surface area contributed by atoms with Crippen LogP contribution in [0.3, 0.4) is 0 Å². The number of rotatable bonds is 7. The summed E-state index contributed by atoms with van der Waals surface area (Å²) in [4.78, 5) is 25.4. The van der Waals surface area contributed by atoms with Crippen LogP contribution in [0.15, 0.2) is 63.8 Å². The average Bonchev–Trinajstić information content (AvgIpc) is 3.00. The summed E-state index contributed by atoms with van der Waals surface area (Å²) in [6.45, 7) is -0.621. The fourth-order valence-electron chi connectivity index (χ4n) is 4.91. The molecule has 8 N–H and O–H groups in total. The van der Waals surface area contributed by atoms with Crippen LogP contribution in [-0.2, 0) is 14.3 Å². The molecule has 0 radical (unpaired) electrons. The van der Waals surface area contributed by atoms with Crippen molar-refractivity contribution in [2.75, 3.05) is 13.7 Å². The highest BCUT2D eigenvalue weighted by Gasteiger charge is 2.46. The van der Waals surface area contributed by atoms with Crippen LogP contribution in [0.5, 0.6) is 34.5 Å². The van der Waals surface area contributed by atoms with Gasteiger partial charge in [-0.25, -0.2) is 4.79 Å². The lowest BCUT2D eigenvalue weighted by molar-refractivity contribution is -0.234. The first-order valence-corrected chi connectivity index (χ1v) is 13.4. The number of aliphatic hydroxyl groups excluding tert-OH is 3. The smallest absolute Gasteiger partial charge is 0.330 e. The van der Waals surface area contributed by atoms with E-state index in [1.54, 1.807) is 0 Å². The molecule has 14 heteroatoms. The molecule has 0 spiro atoms. The summed E-state index contributed by atoms with van der Waals surface area (Å²) in [5, 5.41) is 82.3. The zero-order valence-electron chi connectivity index (χ0n) is 23.4. The molecule has 45 heavy (non-hydrogen) atoms. The molecule has 1 fully saturated rings. The van der Waals surface area contributed by atoms with Crippen LogP contribution in [0.2, 0.25) is 0 Å². The second-order valence-corrected chi connectivity index (χ2v) is 10.2. The van der Waals surface area contributed by atoms with E-state index in [1.807, 2.05) is 0 Å². The molecule has 0 saturated carbocycles. The third-order valence-corrected chi connectivity index (χ3v) is 7.27. The molecule has 1 aliphatic heterocycles. The van der Waals surface area contributed by atoms with Crippen molar-refractivity contribution in [3.63, 3.8) is 0 Å². The number of esters is 1. The highest BCUT2D eigenvalue weighted by molar-refractivity contribution is 5.88. The highest BCUT2D eigenvalue weighted by atomic mass is 16.6. The van der Waals surface area contributed by atoms with Crippen LogP contribution >= 0.6 is 0 Å². The van der Waals surface area contributed by atoms with Gasteiger partial charge >= 0.3 is 5.97 Å². The maximum atomic E-state index is 13.1. The van der Waals surface area contributed by atoms with E-state index in [9.17, 15) is 50.4 Å². The number of phenolic OH excluding ortho intramolecular Hbond substituents is 5. The van der Waals surface area contributed by atoms with Gasteiger partial charge in [0, 0.05) is 23.8 Å². The monoisotopic (exact) mass is 624 g/mol. The maximum absolute atomic E-state index is 13.1. The molecule has 14 nitrogen and oxygen atoms in total. The number of benzene rings is 3. The molecule has 1 aliphatic rings. The first-order valence-electron chi connectivity index (χ1n) is 13.4. The van der Waals surface area contributed by atoms with Gasteiger partial charge in [-0.05, 0) is 42.0 Å². The van der Waals surface area contributed by atoms with Crippen LogP contribution < -0.4 is 10.2 Å². The third-order valence-electron chi connectivity index (χ3n) is 7.27. The number of phenols is 5. The fourth-order valence-corrected chi connectivity index (χ4v) is 4.91. The number of fused-ring (bicyclic) bond motifs is 1. The van der Waals surface area contributed by atoms with Crippen molar-refractivity contribution < 1.29 is 64.3 Å². The van der Waals surface area contributed by atoms with Gasteiger partial charge < -0.3 is 59.5 Å². The molecule has 0 unspecified atom stereocenters. The molecule has 236 valence electrons. The predicted molar refractivity (Wildman–Crippen MR) is 155 cm³/mol. The highest BCUT2D eigenvalue weighted by Crippen LogP contribution is 2.45. The van der Waals surface area contributed by atoms with Crippen LogP contribution in [-0.4, -0.2) is 85.0 Å². The number of aliphatic hydroxyl groups is 3. The number of carbonyl (C=O) groups excluding carboxylic acids is 1. The lowest BCUT2D eigenvalue weighted by Crippen LogP contribution is -2.55. The molecule has 4 aromatic rings. The zero-order chi connectivity index (χ0) is 32.6. The van der Waals surface area contributed by atoms with E-state index >= 15 is 0 Å². The van der Waals surface area contributed by atoms with Crippen molar-refractivity contribution in [3.05, 3.63) is 76.0 Å². The predicted octanol–water partition coefficient (Wildman–Crippen LogP) is 1.78. The topological polar surface area (TPSA) is 237 Å². The van der Waals surface area contributed by atoms with E-state index in [4.69, 9.17) is 18.6 Å². The average molecular weight is 625 g/mol. The Morgan fingerprint density at radius 1 is 0.867 bits per heavy atom. The first-order chi connectivity index (χ1) is 21.4. The third kappa shape index (κ3) is 6.07. The number of hydrogen-bond donors (Lipinski definition) is 8. The van der Waals surface area contributed by atoms with Crippen molar-refractivity contribution in [1.29, 1.82) is 0 Å². The maximum Gasteiger partial charge on any atom is 0.330 e. The number of methoxy groups -OCH3 is 1. The van der Waals surface area contributed by atoms with E-state index in [0.29, 0.717) is 5.56 Å². The van der Waals surface area contributed by atoms with Gasteiger partial charge in [-0.3, -0.25) is 4.79 Å². The Labute approximate surface area is 253 Å². The van der Waals surface area contributed by atoms with Gasteiger partial charge in [0.15, 0.2) is 28.4 Å². The van der Waals surface area contributed by atoms with Gasteiger partial charge in [0.1, 0.15) is 65.4 Å². The summed E-state index contributed by atoms with van der Waals surface area (Å²) >= 11 is 0. The summed E-state index contributed by atoms with van der Waals surface area (Å²) in [7, 11) is 1.36. The normalized spacial score (nSPS) is 21.6. The first kappa shape index (κ1) is 31.2. The number of hydrogen-bond acceptors (Lipinski definition) is 14. The summed E-state index contributed by atoms with van der Waals surface area (Å²) in [6, 6.07) is 9.99.